The van der Waals surface area contributed by atoms with Crippen LogP contribution in [0.4, 0.5) is 34.6 Å². The highest BCUT2D eigenvalue weighted by Gasteiger charge is 2.30. The fourth-order valence-corrected chi connectivity index (χ4v) is 4.69. The van der Waals surface area contributed by atoms with Gasteiger partial charge in [0, 0.05) is 17.3 Å². The Bertz CT molecular complexity index is 1710. The maximum Gasteiger partial charge on any atom is 0.416 e. The van der Waals surface area contributed by atoms with E-state index in [0.29, 0.717) is 0 Å². The number of nitrogens with one attached hydrogen (secondary N) is 2. The number of carbonyl (C=O) groups excluding carboxylic acids is 1. The number of anilines is 2. The standard InChI is InChI=1S/C26H17F4N3O6S/c27-18-6-9-20(10-7-18)40(38,39)32-22-14-19(8-12-24(22)34)31-25(35)16-3-11-21(23(13-16)33(36)37)15-1-4-17(5-2-15)26(28,29)30/h1-14,32,34H,(H,31,35). The summed E-state index contributed by atoms with van der Waals surface area (Å²) in [5, 5.41) is 24.2. The topological polar surface area (TPSA) is 139 Å². The molecule has 0 aliphatic rings. The third kappa shape index (κ3) is 6.18. The average molecular weight is 575 g/mol. The summed E-state index contributed by atoms with van der Waals surface area (Å²) in [5.41, 5.74) is -1.83. The van der Waals surface area contributed by atoms with Gasteiger partial charge in [-0.05, 0) is 72.3 Å². The summed E-state index contributed by atoms with van der Waals surface area (Å²) < 4.78 is 79.0. The summed E-state index contributed by atoms with van der Waals surface area (Å²) in [4.78, 5) is 23.4. The first-order valence-corrected chi connectivity index (χ1v) is 12.6. The van der Waals surface area contributed by atoms with Crippen molar-refractivity contribution in [3.63, 3.8) is 0 Å². The van der Waals surface area contributed by atoms with Crippen LogP contribution in [-0.4, -0.2) is 24.4 Å². The van der Waals surface area contributed by atoms with E-state index < -0.39 is 49.8 Å². The second-order valence-corrected chi connectivity index (χ2v) is 9.99. The van der Waals surface area contributed by atoms with Crippen LogP contribution in [0.3, 0.4) is 0 Å². The zero-order valence-corrected chi connectivity index (χ0v) is 20.8. The van der Waals surface area contributed by atoms with E-state index >= 15 is 0 Å². The van der Waals surface area contributed by atoms with Crippen molar-refractivity contribution in [1.82, 2.24) is 0 Å². The van der Waals surface area contributed by atoms with E-state index in [1.165, 1.54) is 18.2 Å². The predicted molar refractivity (Wildman–Crippen MR) is 137 cm³/mol. The van der Waals surface area contributed by atoms with Gasteiger partial charge in [-0.2, -0.15) is 13.2 Å². The quantitative estimate of drug-likeness (QED) is 0.0791. The minimum atomic E-state index is -4.58. The van der Waals surface area contributed by atoms with Crippen LogP contribution < -0.4 is 10.0 Å². The monoisotopic (exact) mass is 575 g/mol. The Hall–Kier alpha value is -4.98. The molecule has 4 aromatic carbocycles. The fourth-order valence-electron chi connectivity index (χ4n) is 3.62. The maximum atomic E-state index is 13.1. The molecule has 0 heterocycles. The fraction of sp³-hybridized carbons (Fsp3) is 0.0385. The molecule has 0 aliphatic carbocycles. The van der Waals surface area contributed by atoms with Crippen LogP contribution in [0.25, 0.3) is 11.1 Å². The van der Waals surface area contributed by atoms with Crippen molar-refractivity contribution < 1.29 is 40.8 Å². The van der Waals surface area contributed by atoms with Gasteiger partial charge in [-0.25, -0.2) is 12.8 Å². The third-order valence-electron chi connectivity index (χ3n) is 5.60. The zero-order valence-electron chi connectivity index (χ0n) is 19.9. The number of nitro groups is 1. The lowest BCUT2D eigenvalue weighted by Gasteiger charge is -2.12. The number of carbonyl (C=O) groups is 1. The molecule has 0 aromatic heterocycles. The molecule has 1 amide bonds. The molecular weight excluding hydrogens is 558 g/mol. The number of aromatic hydroxyl groups is 1. The van der Waals surface area contributed by atoms with Crippen molar-refractivity contribution in [3.05, 3.63) is 112 Å². The summed E-state index contributed by atoms with van der Waals surface area (Å²) in [5.74, 6) is -1.97. The van der Waals surface area contributed by atoms with E-state index in [-0.39, 0.29) is 33.0 Å². The van der Waals surface area contributed by atoms with Crippen LogP contribution in [0.2, 0.25) is 0 Å². The minimum absolute atomic E-state index is 0.00840. The number of nitrogens with zero attached hydrogens (tertiary/aromatic N) is 1. The molecule has 0 saturated carbocycles. The van der Waals surface area contributed by atoms with Gasteiger partial charge < -0.3 is 10.4 Å². The SMILES string of the molecule is O=C(Nc1ccc(O)c(NS(=O)(=O)c2ccc(F)cc2)c1)c1ccc(-c2ccc(C(F)(F)F)cc2)c([N+](=O)[O-])c1. The molecule has 206 valence electrons. The van der Waals surface area contributed by atoms with Gasteiger partial charge >= 0.3 is 6.18 Å². The molecule has 0 bridgehead atoms. The number of hydrogen-bond donors (Lipinski definition) is 3. The van der Waals surface area contributed by atoms with Crippen LogP contribution in [0.15, 0.2) is 89.8 Å². The number of rotatable bonds is 7. The first-order chi connectivity index (χ1) is 18.7. The lowest BCUT2D eigenvalue weighted by atomic mass is 10.00. The molecule has 40 heavy (non-hydrogen) atoms. The molecular formula is C26H17F4N3O6S. The summed E-state index contributed by atoms with van der Waals surface area (Å²) in [6.07, 6.45) is -4.58. The van der Waals surface area contributed by atoms with Crippen molar-refractivity contribution in [2.75, 3.05) is 10.0 Å². The van der Waals surface area contributed by atoms with E-state index in [1.807, 2.05) is 0 Å². The molecule has 14 heteroatoms. The van der Waals surface area contributed by atoms with E-state index in [4.69, 9.17) is 0 Å². The summed E-state index contributed by atoms with van der Waals surface area (Å²) in [7, 11) is -4.23. The Kier molecular flexibility index (Phi) is 7.46. The molecule has 0 spiro atoms. The van der Waals surface area contributed by atoms with Crippen LogP contribution in [0, 0.1) is 15.9 Å². The third-order valence-corrected chi connectivity index (χ3v) is 6.98. The van der Waals surface area contributed by atoms with E-state index in [2.05, 4.69) is 10.0 Å². The number of sulfonamides is 1. The van der Waals surface area contributed by atoms with Crippen molar-refractivity contribution in [1.29, 1.82) is 0 Å². The number of alkyl halides is 3. The van der Waals surface area contributed by atoms with Gasteiger partial charge in [0.2, 0.25) is 0 Å². The second-order valence-electron chi connectivity index (χ2n) is 8.31. The molecule has 0 fully saturated rings. The van der Waals surface area contributed by atoms with Crippen LogP contribution in [0.1, 0.15) is 15.9 Å². The lowest BCUT2D eigenvalue weighted by Crippen LogP contribution is -2.15. The number of amides is 1. The number of halogens is 4. The first-order valence-electron chi connectivity index (χ1n) is 11.1. The van der Waals surface area contributed by atoms with Gasteiger partial charge in [0.1, 0.15) is 11.6 Å². The lowest BCUT2D eigenvalue weighted by molar-refractivity contribution is -0.384. The Morgan fingerprint density at radius 1 is 0.900 bits per heavy atom. The molecule has 3 N–H and O–H groups in total. The minimum Gasteiger partial charge on any atom is -0.506 e. The molecule has 9 nitrogen and oxygen atoms in total. The van der Waals surface area contributed by atoms with Crippen molar-refractivity contribution in [2.24, 2.45) is 0 Å². The molecule has 0 atom stereocenters. The van der Waals surface area contributed by atoms with Gasteiger partial charge in [0.25, 0.3) is 21.6 Å². The first kappa shape index (κ1) is 28.0. The molecule has 0 saturated heterocycles. The highest BCUT2D eigenvalue weighted by molar-refractivity contribution is 7.92. The normalized spacial score (nSPS) is 11.6. The molecule has 0 aliphatic heterocycles. The zero-order chi connectivity index (χ0) is 29.2. The molecule has 4 rings (SSSR count). The van der Waals surface area contributed by atoms with Gasteiger partial charge in [-0.3, -0.25) is 19.6 Å². The number of phenolic OH excluding ortho intramolecular Hbond substituents is 1. The van der Waals surface area contributed by atoms with Crippen LogP contribution >= 0.6 is 0 Å². The van der Waals surface area contributed by atoms with Crippen LogP contribution in [-0.2, 0) is 16.2 Å². The molecule has 4 aromatic rings. The Labute approximate surface area is 223 Å². The number of benzene rings is 4. The number of phenols is 1. The Morgan fingerprint density at radius 2 is 1.55 bits per heavy atom. The Balaban J connectivity index is 1.58. The largest absolute Gasteiger partial charge is 0.506 e. The summed E-state index contributed by atoms with van der Waals surface area (Å²) in [6.45, 7) is 0. The van der Waals surface area contributed by atoms with Crippen LogP contribution in [0.5, 0.6) is 5.75 Å². The van der Waals surface area contributed by atoms with Gasteiger partial charge in [-0.15, -0.1) is 0 Å². The van der Waals surface area contributed by atoms with E-state index in [0.717, 1.165) is 66.7 Å². The van der Waals surface area contributed by atoms with Crippen molar-refractivity contribution in [3.8, 4) is 16.9 Å². The summed E-state index contributed by atoms with van der Waals surface area (Å²) >= 11 is 0. The van der Waals surface area contributed by atoms with Gasteiger partial charge in [0.15, 0.2) is 0 Å². The summed E-state index contributed by atoms with van der Waals surface area (Å²) in [6, 6.07) is 14.5. The van der Waals surface area contributed by atoms with Crippen molar-refractivity contribution >= 4 is 33.0 Å². The second kappa shape index (κ2) is 10.6. The maximum absolute atomic E-state index is 13.1. The highest BCUT2D eigenvalue weighted by Crippen LogP contribution is 2.35. The van der Waals surface area contributed by atoms with E-state index in [9.17, 15) is 46.0 Å². The average Bonchev–Trinajstić information content (AvgIpc) is 2.90. The van der Waals surface area contributed by atoms with Gasteiger partial charge in [-0.1, -0.05) is 12.1 Å². The number of hydrogen-bond acceptors (Lipinski definition) is 6. The highest BCUT2D eigenvalue weighted by atomic mass is 32.2. The molecule has 0 radical (unpaired) electrons. The number of nitro benzene ring substituents is 1. The predicted octanol–water partition coefficient (Wildman–Crippen LogP) is 6.18. The van der Waals surface area contributed by atoms with E-state index in [1.54, 1.807) is 0 Å². The van der Waals surface area contributed by atoms with Gasteiger partial charge in [0.05, 0.1) is 26.6 Å². The smallest absolute Gasteiger partial charge is 0.416 e. The van der Waals surface area contributed by atoms with Crippen molar-refractivity contribution in [2.45, 2.75) is 11.1 Å². The Morgan fingerprint density at radius 3 is 2.15 bits per heavy atom. The molecule has 0 unspecified atom stereocenters.